The minimum atomic E-state index is 0.0453. The Morgan fingerprint density at radius 1 is 1.15 bits per heavy atom. The smallest absolute Gasteiger partial charge is 0.181 e. The number of hydrogen-bond donors (Lipinski definition) is 1. The first-order valence-corrected chi connectivity index (χ1v) is 6.58. The lowest BCUT2D eigenvalue weighted by Gasteiger charge is -2.10. The molecule has 0 heterocycles. The molecule has 0 aromatic heterocycles. The summed E-state index contributed by atoms with van der Waals surface area (Å²) in [6.07, 6.45) is 0. The minimum Gasteiger partial charge on any atom is -0.497 e. The largest absolute Gasteiger partial charge is 0.497 e. The van der Waals surface area contributed by atoms with E-state index in [0.29, 0.717) is 11.3 Å². The fourth-order valence-corrected chi connectivity index (χ4v) is 2.09. The Labute approximate surface area is 119 Å². The summed E-state index contributed by atoms with van der Waals surface area (Å²) in [5.41, 5.74) is 4.00. The van der Waals surface area contributed by atoms with Crippen LogP contribution in [0.4, 0.5) is 5.69 Å². The van der Waals surface area contributed by atoms with Crippen LogP contribution in [0.3, 0.4) is 0 Å². The van der Waals surface area contributed by atoms with Crippen LogP contribution in [0.5, 0.6) is 5.75 Å². The second kappa shape index (κ2) is 6.24. The van der Waals surface area contributed by atoms with Crippen molar-refractivity contribution in [1.29, 1.82) is 0 Å². The molecule has 20 heavy (non-hydrogen) atoms. The third kappa shape index (κ3) is 3.38. The van der Waals surface area contributed by atoms with Crippen molar-refractivity contribution in [2.24, 2.45) is 0 Å². The van der Waals surface area contributed by atoms with Crippen molar-refractivity contribution in [1.82, 2.24) is 0 Å². The number of hydrogen-bond acceptors (Lipinski definition) is 3. The number of carbonyl (C=O) groups excluding carboxylic acids is 1. The van der Waals surface area contributed by atoms with Crippen molar-refractivity contribution < 1.29 is 9.53 Å². The second-order valence-corrected chi connectivity index (χ2v) is 4.83. The molecule has 0 spiro atoms. The Hall–Kier alpha value is -2.29. The van der Waals surface area contributed by atoms with Gasteiger partial charge in [-0.15, -0.1) is 0 Å². The molecule has 104 valence electrons. The van der Waals surface area contributed by atoms with Crippen molar-refractivity contribution in [3.05, 3.63) is 59.2 Å². The van der Waals surface area contributed by atoms with E-state index in [1.165, 1.54) is 5.56 Å². The molecule has 2 aromatic carbocycles. The normalized spacial score (nSPS) is 10.2. The predicted molar refractivity (Wildman–Crippen MR) is 81.7 cm³/mol. The molecular formula is C17H19NO2. The van der Waals surface area contributed by atoms with E-state index >= 15 is 0 Å². The van der Waals surface area contributed by atoms with Gasteiger partial charge < -0.3 is 10.1 Å². The van der Waals surface area contributed by atoms with E-state index in [2.05, 4.69) is 18.3 Å². The molecule has 0 aliphatic carbocycles. The zero-order chi connectivity index (χ0) is 14.5. The van der Waals surface area contributed by atoms with Crippen LogP contribution in [0.15, 0.2) is 42.5 Å². The standard InChI is InChI=1S/C17H19NO2/c1-12-7-8-16(13(2)9-12)18-11-17(19)14-5-4-6-15(10-14)20-3/h4-10,18H,11H2,1-3H3. The molecular weight excluding hydrogens is 250 g/mol. The van der Waals surface area contributed by atoms with Crippen LogP contribution in [0.1, 0.15) is 21.5 Å². The van der Waals surface area contributed by atoms with Gasteiger partial charge in [-0.25, -0.2) is 0 Å². The Morgan fingerprint density at radius 2 is 1.95 bits per heavy atom. The van der Waals surface area contributed by atoms with Crippen LogP contribution >= 0.6 is 0 Å². The third-order valence-electron chi connectivity index (χ3n) is 3.21. The van der Waals surface area contributed by atoms with Crippen LogP contribution in [0, 0.1) is 13.8 Å². The zero-order valence-corrected chi connectivity index (χ0v) is 12.1. The maximum Gasteiger partial charge on any atom is 0.181 e. The van der Waals surface area contributed by atoms with Crippen molar-refractivity contribution >= 4 is 11.5 Å². The summed E-state index contributed by atoms with van der Waals surface area (Å²) in [5.74, 6) is 0.742. The fourth-order valence-electron chi connectivity index (χ4n) is 2.09. The zero-order valence-electron chi connectivity index (χ0n) is 12.1. The van der Waals surface area contributed by atoms with Gasteiger partial charge in [0.2, 0.25) is 0 Å². The fraction of sp³-hybridized carbons (Fsp3) is 0.235. The molecule has 0 saturated heterocycles. The number of benzene rings is 2. The van der Waals surface area contributed by atoms with Gasteiger partial charge in [0.25, 0.3) is 0 Å². The second-order valence-electron chi connectivity index (χ2n) is 4.83. The van der Waals surface area contributed by atoms with Crippen LogP contribution in [0.2, 0.25) is 0 Å². The highest BCUT2D eigenvalue weighted by Crippen LogP contribution is 2.17. The van der Waals surface area contributed by atoms with Crippen LogP contribution < -0.4 is 10.1 Å². The average molecular weight is 269 g/mol. The number of carbonyl (C=O) groups is 1. The van der Waals surface area contributed by atoms with Crippen LogP contribution in [-0.4, -0.2) is 19.4 Å². The maximum absolute atomic E-state index is 12.1. The first-order valence-electron chi connectivity index (χ1n) is 6.58. The summed E-state index contributed by atoms with van der Waals surface area (Å²) in [7, 11) is 1.59. The number of nitrogens with one attached hydrogen (secondary N) is 1. The molecule has 0 aliphatic heterocycles. The lowest BCUT2D eigenvalue weighted by atomic mass is 10.1. The number of ether oxygens (including phenoxy) is 1. The summed E-state index contributed by atoms with van der Waals surface area (Å²) in [5, 5.41) is 3.19. The Kier molecular flexibility index (Phi) is 4.41. The molecule has 0 unspecified atom stereocenters. The van der Waals surface area contributed by atoms with Gasteiger partial charge in [-0.1, -0.05) is 29.8 Å². The Balaban J connectivity index is 2.04. The Morgan fingerprint density at radius 3 is 2.65 bits per heavy atom. The highest BCUT2D eigenvalue weighted by Gasteiger charge is 2.07. The summed E-state index contributed by atoms with van der Waals surface area (Å²) in [4.78, 5) is 12.1. The summed E-state index contributed by atoms with van der Waals surface area (Å²) in [6.45, 7) is 4.36. The van der Waals surface area contributed by atoms with E-state index in [-0.39, 0.29) is 12.3 Å². The van der Waals surface area contributed by atoms with Crippen LogP contribution in [0.25, 0.3) is 0 Å². The van der Waals surface area contributed by atoms with Crippen molar-refractivity contribution in [3.8, 4) is 5.75 Å². The number of Topliss-reactive ketones (excluding diaryl/α,β-unsaturated/α-hetero) is 1. The highest BCUT2D eigenvalue weighted by molar-refractivity contribution is 5.99. The van der Waals surface area contributed by atoms with E-state index in [1.54, 1.807) is 19.2 Å². The van der Waals surface area contributed by atoms with Gasteiger partial charge in [-0.2, -0.15) is 0 Å². The first kappa shape index (κ1) is 14.1. The lowest BCUT2D eigenvalue weighted by molar-refractivity contribution is 0.101. The topological polar surface area (TPSA) is 38.3 Å². The van der Waals surface area contributed by atoms with Gasteiger partial charge in [0.15, 0.2) is 5.78 Å². The summed E-state index contributed by atoms with van der Waals surface area (Å²) >= 11 is 0. The quantitative estimate of drug-likeness (QED) is 0.843. The monoisotopic (exact) mass is 269 g/mol. The van der Waals surface area contributed by atoms with Gasteiger partial charge in [0.1, 0.15) is 5.75 Å². The van der Waals surface area contributed by atoms with Gasteiger partial charge in [-0.3, -0.25) is 4.79 Å². The molecule has 0 radical (unpaired) electrons. The highest BCUT2D eigenvalue weighted by atomic mass is 16.5. The van der Waals surface area contributed by atoms with Gasteiger partial charge >= 0.3 is 0 Å². The number of anilines is 1. The van der Waals surface area contributed by atoms with E-state index in [9.17, 15) is 4.79 Å². The third-order valence-corrected chi connectivity index (χ3v) is 3.21. The van der Waals surface area contributed by atoms with E-state index in [0.717, 1.165) is 11.3 Å². The molecule has 3 heteroatoms. The molecule has 0 fully saturated rings. The molecule has 2 rings (SSSR count). The van der Waals surface area contributed by atoms with Crippen molar-refractivity contribution in [2.45, 2.75) is 13.8 Å². The van der Waals surface area contributed by atoms with Crippen molar-refractivity contribution in [2.75, 3.05) is 19.0 Å². The number of methoxy groups -OCH3 is 1. The number of rotatable bonds is 5. The van der Waals surface area contributed by atoms with Gasteiger partial charge in [0, 0.05) is 11.3 Å². The van der Waals surface area contributed by atoms with E-state index < -0.39 is 0 Å². The number of aryl methyl sites for hydroxylation is 2. The maximum atomic E-state index is 12.1. The molecule has 0 aliphatic rings. The summed E-state index contributed by atoms with van der Waals surface area (Å²) in [6, 6.07) is 13.3. The number of ketones is 1. The van der Waals surface area contributed by atoms with Crippen LogP contribution in [-0.2, 0) is 0 Å². The molecule has 0 atom stereocenters. The van der Waals surface area contributed by atoms with Crippen molar-refractivity contribution in [3.63, 3.8) is 0 Å². The molecule has 2 aromatic rings. The average Bonchev–Trinajstić information content (AvgIpc) is 2.46. The predicted octanol–water partition coefficient (Wildman–Crippen LogP) is 3.61. The Bertz CT molecular complexity index is 620. The van der Waals surface area contributed by atoms with Gasteiger partial charge in [-0.05, 0) is 37.6 Å². The van der Waals surface area contributed by atoms with E-state index in [1.807, 2.05) is 31.2 Å². The van der Waals surface area contributed by atoms with E-state index in [4.69, 9.17) is 4.74 Å². The lowest BCUT2D eigenvalue weighted by Crippen LogP contribution is -2.14. The molecule has 0 saturated carbocycles. The molecule has 0 amide bonds. The van der Waals surface area contributed by atoms with Gasteiger partial charge in [0.05, 0.1) is 13.7 Å². The summed E-state index contributed by atoms with van der Waals surface area (Å²) < 4.78 is 5.13. The molecule has 1 N–H and O–H groups in total. The minimum absolute atomic E-state index is 0.0453. The first-order chi connectivity index (χ1) is 9.60. The molecule has 0 bridgehead atoms. The molecule has 3 nitrogen and oxygen atoms in total. The SMILES string of the molecule is COc1cccc(C(=O)CNc2ccc(C)cc2C)c1.